The quantitative estimate of drug-likeness (QED) is 0.435. The minimum atomic E-state index is -1.06. The number of nitrogens with one attached hydrogen (secondary N) is 1. The minimum absolute atomic E-state index is 0.00286. The molecule has 0 aliphatic carbocycles. The maximum atomic E-state index is 11.4. The molecule has 0 spiro atoms. The first kappa shape index (κ1) is 22.3. The van der Waals surface area contributed by atoms with Crippen molar-refractivity contribution in [2.45, 2.75) is 6.10 Å². The van der Waals surface area contributed by atoms with Crippen LogP contribution < -0.4 is 10.1 Å². The number of halogens is 3. The second-order valence-corrected chi connectivity index (χ2v) is 7.22. The van der Waals surface area contributed by atoms with Gasteiger partial charge in [-0.15, -0.1) is 16.7 Å². The summed E-state index contributed by atoms with van der Waals surface area (Å²) in [6.45, 7) is -0.624. The zero-order valence-corrected chi connectivity index (χ0v) is 17.7. The van der Waals surface area contributed by atoms with E-state index in [-0.39, 0.29) is 24.4 Å². The van der Waals surface area contributed by atoms with Crippen molar-refractivity contribution in [1.82, 2.24) is 14.8 Å². The molecular weight excluding hydrogens is 455 g/mol. The van der Waals surface area contributed by atoms with Crippen LogP contribution in [0.1, 0.15) is 0 Å². The SMILES string of the molecule is O=C(CCl)Nc1ccc(-n2nc(OCC(O)CO)nc2-c2ccc(Cl)c(Cl)c2)cc1. The number of carbonyl (C=O) groups excluding carboxylic acids is 1. The molecule has 0 radical (unpaired) electrons. The number of hydrogen-bond donors (Lipinski definition) is 3. The molecule has 1 unspecified atom stereocenters. The lowest BCUT2D eigenvalue weighted by Gasteiger charge is -2.08. The van der Waals surface area contributed by atoms with E-state index in [1.54, 1.807) is 42.5 Å². The molecule has 0 saturated heterocycles. The Kier molecular flexibility index (Phi) is 7.52. The third-order valence-electron chi connectivity index (χ3n) is 3.90. The van der Waals surface area contributed by atoms with Gasteiger partial charge in [0.2, 0.25) is 5.91 Å². The van der Waals surface area contributed by atoms with Crippen molar-refractivity contribution in [2.75, 3.05) is 24.4 Å². The summed E-state index contributed by atoms with van der Waals surface area (Å²) >= 11 is 17.7. The van der Waals surface area contributed by atoms with Gasteiger partial charge < -0.3 is 20.3 Å². The number of hydrogen-bond acceptors (Lipinski definition) is 6. The highest BCUT2D eigenvalue weighted by atomic mass is 35.5. The van der Waals surface area contributed by atoms with Crippen molar-refractivity contribution >= 4 is 46.4 Å². The number of aliphatic hydroxyl groups is 2. The molecule has 158 valence electrons. The van der Waals surface area contributed by atoms with E-state index >= 15 is 0 Å². The third kappa shape index (κ3) is 5.41. The van der Waals surface area contributed by atoms with Gasteiger partial charge in [-0.3, -0.25) is 4.79 Å². The van der Waals surface area contributed by atoms with E-state index in [9.17, 15) is 9.90 Å². The topological polar surface area (TPSA) is 110 Å². The van der Waals surface area contributed by atoms with Gasteiger partial charge in [0, 0.05) is 11.3 Å². The molecule has 1 atom stereocenters. The van der Waals surface area contributed by atoms with Crippen LogP contribution in [-0.2, 0) is 4.79 Å². The first-order valence-corrected chi connectivity index (χ1v) is 10.0. The Morgan fingerprint density at radius 1 is 1.17 bits per heavy atom. The predicted octanol–water partition coefficient (Wildman–Crippen LogP) is 3.15. The molecular formula is C19H17Cl3N4O4. The summed E-state index contributed by atoms with van der Waals surface area (Å²) in [4.78, 5) is 15.8. The molecule has 3 rings (SSSR count). The number of amides is 1. The zero-order valence-electron chi connectivity index (χ0n) is 15.4. The standard InChI is InChI=1S/C19H17Cl3N4O4/c20-8-17(29)23-12-2-4-13(5-3-12)26-18(11-1-6-15(21)16(22)7-11)24-19(25-26)30-10-14(28)9-27/h1-7,14,27-28H,8-10H2,(H,23,29). The normalized spacial score (nSPS) is 11.9. The van der Waals surface area contributed by atoms with E-state index in [4.69, 9.17) is 44.6 Å². The van der Waals surface area contributed by atoms with Gasteiger partial charge in [0.1, 0.15) is 18.6 Å². The Morgan fingerprint density at radius 3 is 2.53 bits per heavy atom. The maximum Gasteiger partial charge on any atom is 0.336 e. The van der Waals surface area contributed by atoms with Gasteiger partial charge in [-0.05, 0) is 42.5 Å². The maximum absolute atomic E-state index is 11.4. The second kappa shape index (κ2) is 10.1. The van der Waals surface area contributed by atoms with E-state index < -0.39 is 12.7 Å². The number of alkyl halides is 1. The fourth-order valence-corrected chi connectivity index (χ4v) is 2.83. The van der Waals surface area contributed by atoms with Gasteiger partial charge in [-0.2, -0.15) is 4.98 Å². The molecule has 2 aromatic carbocycles. The average molecular weight is 472 g/mol. The van der Waals surface area contributed by atoms with Gasteiger partial charge in [-0.25, -0.2) is 4.68 Å². The van der Waals surface area contributed by atoms with Crippen molar-refractivity contribution in [3.8, 4) is 23.1 Å². The number of rotatable bonds is 8. The molecule has 8 nitrogen and oxygen atoms in total. The van der Waals surface area contributed by atoms with E-state index in [1.165, 1.54) is 4.68 Å². The van der Waals surface area contributed by atoms with Crippen LogP contribution in [0.15, 0.2) is 42.5 Å². The number of ether oxygens (including phenoxy) is 1. The first-order chi connectivity index (χ1) is 14.4. The number of benzene rings is 2. The number of aromatic nitrogens is 3. The lowest BCUT2D eigenvalue weighted by Crippen LogP contribution is -2.21. The first-order valence-electron chi connectivity index (χ1n) is 8.71. The summed E-state index contributed by atoms with van der Waals surface area (Å²) in [5, 5.41) is 26.2. The van der Waals surface area contributed by atoms with E-state index in [0.29, 0.717) is 32.8 Å². The van der Waals surface area contributed by atoms with Crippen LogP contribution in [0.25, 0.3) is 17.1 Å². The van der Waals surface area contributed by atoms with Crippen LogP contribution in [-0.4, -0.2) is 56.1 Å². The Balaban J connectivity index is 1.97. The van der Waals surface area contributed by atoms with Crippen LogP contribution in [0.5, 0.6) is 6.01 Å². The average Bonchev–Trinajstić information content (AvgIpc) is 3.18. The second-order valence-electron chi connectivity index (χ2n) is 6.13. The summed E-state index contributed by atoms with van der Waals surface area (Å²) < 4.78 is 6.91. The van der Waals surface area contributed by atoms with Gasteiger partial charge in [-0.1, -0.05) is 23.2 Å². The van der Waals surface area contributed by atoms with Crippen LogP contribution in [0.4, 0.5) is 5.69 Å². The Labute approximate surface area is 187 Å². The molecule has 30 heavy (non-hydrogen) atoms. The monoisotopic (exact) mass is 470 g/mol. The molecule has 0 bridgehead atoms. The van der Waals surface area contributed by atoms with Crippen molar-refractivity contribution < 1.29 is 19.7 Å². The lowest BCUT2D eigenvalue weighted by atomic mass is 10.2. The highest BCUT2D eigenvalue weighted by molar-refractivity contribution is 6.42. The van der Waals surface area contributed by atoms with Crippen LogP contribution >= 0.6 is 34.8 Å². The predicted molar refractivity (Wildman–Crippen MR) is 115 cm³/mol. The number of nitrogens with zero attached hydrogens (tertiary/aromatic N) is 3. The van der Waals surface area contributed by atoms with Crippen molar-refractivity contribution in [3.05, 3.63) is 52.5 Å². The van der Waals surface area contributed by atoms with Gasteiger partial charge in [0.05, 0.1) is 22.3 Å². The molecule has 1 heterocycles. The van der Waals surface area contributed by atoms with Gasteiger partial charge in [0.15, 0.2) is 5.82 Å². The number of anilines is 1. The highest BCUT2D eigenvalue weighted by Gasteiger charge is 2.17. The molecule has 1 amide bonds. The Bertz CT molecular complexity index is 1030. The van der Waals surface area contributed by atoms with Crippen LogP contribution in [0, 0.1) is 0 Å². The molecule has 3 aromatic rings. The number of carbonyl (C=O) groups is 1. The number of aliphatic hydroxyl groups excluding tert-OH is 2. The highest BCUT2D eigenvalue weighted by Crippen LogP contribution is 2.30. The third-order valence-corrected chi connectivity index (χ3v) is 4.88. The minimum Gasteiger partial charge on any atom is -0.460 e. The molecule has 1 aromatic heterocycles. The molecule has 0 aliphatic rings. The van der Waals surface area contributed by atoms with Gasteiger partial charge >= 0.3 is 6.01 Å². The summed E-state index contributed by atoms with van der Waals surface area (Å²) in [7, 11) is 0. The Morgan fingerprint density at radius 2 is 1.90 bits per heavy atom. The molecule has 3 N–H and O–H groups in total. The lowest BCUT2D eigenvalue weighted by molar-refractivity contribution is -0.113. The zero-order chi connectivity index (χ0) is 21.7. The Hall–Kier alpha value is -2.36. The van der Waals surface area contributed by atoms with E-state index in [0.717, 1.165) is 0 Å². The van der Waals surface area contributed by atoms with Crippen LogP contribution in [0.3, 0.4) is 0 Å². The summed E-state index contributed by atoms with van der Waals surface area (Å²) in [6.07, 6.45) is -1.06. The summed E-state index contributed by atoms with van der Waals surface area (Å²) in [5.41, 5.74) is 1.84. The summed E-state index contributed by atoms with van der Waals surface area (Å²) in [5.74, 6) is -0.0495. The van der Waals surface area contributed by atoms with Crippen molar-refractivity contribution in [3.63, 3.8) is 0 Å². The molecule has 11 heteroatoms. The molecule has 0 saturated carbocycles. The van der Waals surface area contributed by atoms with E-state index in [2.05, 4.69) is 15.4 Å². The smallest absolute Gasteiger partial charge is 0.336 e. The van der Waals surface area contributed by atoms with E-state index in [1.807, 2.05) is 0 Å². The van der Waals surface area contributed by atoms with Crippen molar-refractivity contribution in [2.24, 2.45) is 0 Å². The van der Waals surface area contributed by atoms with Crippen molar-refractivity contribution in [1.29, 1.82) is 0 Å². The van der Waals surface area contributed by atoms with Gasteiger partial charge in [0.25, 0.3) is 0 Å². The molecule has 0 fully saturated rings. The van der Waals surface area contributed by atoms with Crippen LogP contribution in [0.2, 0.25) is 10.0 Å². The fourth-order valence-electron chi connectivity index (χ4n) is 2.46. The molecule has 0 aliphatic heterocycles. The fraction of sp³-hybridized carbons (Fsp3) is 0.211. The largest absolute Gasteiger partial charge is 0.460 e. The summed E-state index contributed by atoms with van der Waals surface area (Å²) in [6, 6.07) is 11.9.